The van der Waals surface area contributed by atoms with E-state index in [1.807, 2.05) is 4.90 Å². The first-order valence-corrected chi connectivity index (χ1v) is 12.6. The quantitative estimate of drug-likeness (QED) is 0.305. The zero-order valence-corrected chi connectivity index (χ0v) is 21.5. The molecule has 0 spiro atoms. The molecule has 1 aromatic rings. The van der Waals surface area contributed by atoms with Crippen LogP contribution in [0.3, 0.4) is 0 Å². The molecule has 0 bridgehead atoms. The molecule has 3 rings (SSSR count). The zero-order valence-electron chi connectivity index (χ0n) is 20.3. The second kappa shape index (κ2) is 11.0. The van der Waals surface area contributed by atoms with Crippen molar-refractivity contribution >= 4 is 20.6 Å². The maximum Gasteiger partial charge on any atom is 0.416 e. The molecule has 0 N–H and O–H groups in total. The van der Waals surface area contributed by atoms with Gasteiger partial charge in [0.25, 0.3) is 0 Å². The Bertz CT molecular complexity index is 881. The van der Waals surface area contributed by atoms with Crippen molar-refractivity contribution in [3.8, 4) is 0 Å². The summed E-state index contributed by atoms with van der Waals surface area (Å²) in [5.74, 6) is 0.179. The van der Waals surface area contributed by atoms with Crippen LogP contribution in [0.4, 0.5) is 17.6 Å². The Hall–Kier alpha value is -1.53. The molecule has 2 saturated heterocycles. The van der Waals surface area contributed by atoms with Crippen LogP contribution < -0.4 is 0 Å². The van der Waals surface area contributed by atoms with Crippen molar-refractivity contribution in [1.82, 2.24) is 9.80 Å². The molecule has 9 heteroatoms. The second-order valence-electron chi connectivity index (χ2n) is 10.7. The molecule has 2 aliphatic rings. The fourth-order valence-corrected chi connectivity index (χ4v) is 5.11. The number of aliphatic imine (C=N–C) groups is 1. The highest BCUT2D eigenvalue weighted by Crippen LogP contribution is 2.34. The van der Waals surface area contributed by atoms with Crippen molar-refractivity contribution in [2.75, 3.05) is 39.3 Å². The van der Waals surface area contributed by atoms with E-state index in [4.69, 9.17) is 0 Å². The first-order valence-electron chi connectivity index (χ1n) is 12.0. The predicted octanol–water partition coefficient (Wildman–Crippen LogP) is 5.46. The van der Waals surface area contributed by atoms with Gasteiger partial charge < -0.3 is 4.90 Å². The third-order valence-corrected chi connectivity index (χ3v) is 7.70. The van der Waals surface area contributed by atoms with Gasteiger partial charge in [0.1, 0.15) is 5.82 Å². The summed E-state index contributed by atoms with van der Waals surface area (Å²) in [7, 11) is 2.32. The van der Waals surface area contributed by atoms with Crippen molar-refractivity contribution in [2.24, 2.45) is 22.2 Å². The van der Waals surface area contributed by atoms with E-state index in [1.54, 1.807) is 0 Å². The number of nitrogens with zero attached hydrogens (tertiary/aromatic N) is 3. The molecule has 0 radical (unpaired) electrons. The summed E-state index contributed by atoms with van der Waals surface area (Å²) in [6.45, 7) is 11.0. The lowest BCUT2D eigenvalue weighted by molar-refractivity contribution is -0.138. The molecule has 190 valence electrons. The van der Waals surface area contributed by atoms with E-state index in [1.165, 1.54) is 0 Å². The number of amides is 1. The van der Waals surface area contributed by atoms with E-state index in [0.717, 1.165) is 50.9 Å². The van der Waals surface area contributed by atoms with Crippen LogP contribution in [0.25, 0.3) is 0 Å². The highest BCUT2D eigenvalue weighted by Gasteiger charge is 2.32. The molecule has 0 aliphatic carbocycles. The monoisotopic (exact) mass is 501 g/mol. The van der Waals surface area contributed by atoms with Gasteiger partial charge in [-0.3, -0.25) is 14.7 Å². The van der Waals surface area contributed by atoms with Crippen LogP contribution in [0.15, 0.2) is 23.2 Å². The van der Waals surface area contributed by atoms with Crippen LogP contribution in [-0.2, 0) is 11.0 Å². The predicted molar refractivity (Wildman–Crippen MR) is 130 cm³/mol. The molecule has 0 saturated carbocycles. The minimum atomic E-state index is -4.61. The second-order valence-corrected chi connectivity index (χ2v) is 11.2. The van der Waals surface area contributed by atoms with E-state index < -0.39 is 17.6 Å². The van der Waals surface area contributed by atoms with Gasteiger partial charge in [0.15, 0.2) is 0 Å². The highest BCUT2D eigenvalue weighted by molar-refractivity contribution is 7.42. The minimum absolute atomic E-state index is 0.111. The SMILES string of the molecule is CC(C)(C)C1CCN(CC(=O)N2CCC(CN=C(P)c3cc(F)cc(C(F)(F)F)c3)CC2)CC1. The standard InChI is InChI=1S/C25H36F4N3OP/c1-24(2,3)19-6-8-31(9-7-19)16-22(33)32-10-4-17(5-11-32)15-30-23(34)18-12-20(25(27,28)29)14-21(26)13-18/h12-14,17,19H,4-11,15-16,34H2,1-3H3. The summed E-state index contributed by atoms with van der Waals surface area (Å²) in [6.07, 6.45) is -0.746. The minimum Gasteiger partial charge on any atom is -0.342 e. The van der Waals surface area contributed by atoms with Crippen molar-refractivity contribution in [1.29, 1.82) is 0 Å². The normalized spacial score (nSPS) is 20.1. The molecule has 2 fully saturated rings. The van der Waals surface area contributed by atoms with E-state index >= 15 is 0 Å². The summed E-state index contributed by atoms with van der Waals surface area (Å²) in [5, 5.41) is 0. The first kappa shape index (κ1) is 27.1. The van der Waals surface area contributed by atoms with E-state index in [9.17, 15) is 22.4 Å². The molecular weight excluding hydrogens is 465 g/mol. The van der Waals surface area contributed by atoms with Crippen LogP contribution in [0.2, 0.25) is 0 Å². The molecule has 2 aliphatic heterocycles. The van der Waals surface area contributed by atoms with Gasteiger partial charge in [-0.2, -0.15) is 13.2 Å². The van der Waals surface area contributed by atoms with Crippen molar-refractivity contribution < 1.29 is 22.4 Å². The number of carbonyl (C=O) groups is 1. The molecule has 1 amide bonds. The maximum atomic E-state index is 13.7. The molecule has 34 heavy (non-hydrogen) atoms. The van der Waals surface area contributed by atoms with Crippen molar-refractivity contribution in [2.45, 2.75) is 52.6 Å². The van der Waals surface area contributed by atoms with Gasteiger partial charge in [0.05, 0.1) is 17.6 Å². The summed E-state index contributed by atoms with van der Waals surface area (Å²) >= 11 is 0. The van der Waals surface area contributed by atoms with Crippen molar-refractivity contribution in [3.63, 3.8) is 0 Å². The largest absolute Gasteiger partial charge is 0.416 e. The Labute approximate surface area is 202 Å². The third-order valence-electron chi connectivity index (χ3n) is 7.18. The molecule has 1 unspecified atom stereocenters. The zero-order chi connectivity index (χ0) is 25.1. The Balaban J connectivity index is 1.46. The van der Waals surface area contributed by atoms with E-state index in [-0.39, 0.29) is 17.4 Å². The van der Waals surface area contributed by atoms with Crippen molar-refractivity contribution in [3.05, 3.63) is 35.1 Å². The fraction of sp³-hybridized carbons (Fsp3) is 0.680. The lowest BCUT2D eigenvalue weighted by atomic mass is 9.75. The Morgan fingerprint density at radius 3 is 2.21 bits per heavy atom. The molecule has 4 nitrogen and oxygen atoms in total. The van der Waals surface area contributed by atoms with Gasteiger partial charge in [-0.15, -0.1) is 0 Å². The number of hydrogen-bond donors (Lipinski definition) is 0. The smallest absolute Gasteiger partial charge is 0.342 e. The topological polar surface area (TPSA) is 35.9 Å². The third kappa shape index (κ3) is 7.48. The Kier molecular flexibility index (Phi) is 8.78. The number of alkyl halides is 3. The lowest BCUT2D eigenvalue weighted by Gasteiger charge is -2.39. The average molecular weight is 502 g/mol. The van der Waals surface area contributed by atoms with E-state index in [2.05, 4.69) is 39.9 Å². The highest BCUT2D eigenvalue weighted by atomic mass is 31.0. The Morgan fingerprint density at radius 1 is 1.03 bits per heavy atom. The number of piperidine rings is 2. The van der Waals surface area contributed by atoms with E-state index in [0.29, 0.717) is 49.0 Å². The number of likely N-dealkylation sites (tertiary alicyclic amines) is 2. The van der Waals surface area contributed by atoms with Crippen LogP contribution in [-0.4, -0.2) is 60.4 Å². The van der Waals surface area contributed by atoms with Gasteiger partial charge in [-0.05, 0) is 74.2 Å². The molecule has 1 aromatic carbocycles. The summed E-state index contributed by atoms with van der Waals surface area (Å²) in [6, 6.07) is 2.47. The first-order chi connectivity index (χ1) is 15.8. The number of rotatable bonds is 5. The van der Waals surface area contributed by atoms with Crippen LogP contribution >= 0.6 is 9.24 Å². The van der Waals surface area contributed by atoms with Gasteiger partial charge >= 0.3 is 6.18 Å². The molecule has 1 atom stereocenters. The average Bonchev–Trinajstić information content (AvgIpc) is 2.76. The van der Waals surface area contributed by atoms with Crippen LogP contribution in [0, 0.1) is 23.1 Å². The van der Waals surface area contributed by atoms with Crippen LogP contribution in [0.1, 0.15) is 57.6 Å². The number of hydrogen-bond acceptors (Lipinski definition) is 3. The van der Waals surface area contributed by atoms with Gasteiger partial charge in [0, 0.05) is 25.2 Å². The molecule has 2 heterocycles. The summed E-state index contributed by atoms with van der Waals surface area (Å²) in [4.78, 5) is 21.4. The number of halogens is 4. The Morgan fingerprint density at radius 2 is 1.65 bits per heavy atom. The maximum absolute atomic E-state index is 13.7. The molecule has 0 aromatic heterocycles. The summed E-state index contributed by atoms with van der Waals surface area (Å²) in [5.41, 5.74) is -0.290. The van der Waals surface area contributed by atoms with Crippen LogP contribution in [0.5, 0.6) is 0 Å². The number of benzene rings is 1. The lowest BCUT2D eigenvalue weighted by Crippen LogP contribution is -2.47. The molecular formula is C25H36F4N3OP. The summed E-state index contributed by atoms with van der Waals surface area (Å²) < 4.78 is 52.5. The van der Waals surface area contributed by atoms with Gasteiger partial charge in [-0.1, -0.05) is 30.0 Å². The van der Waals surface area contributed by atoms with Gasteiger partial charge in [0.2, 0.25) is 5.91 Å². The fourth-order valence-electron chi connectivity index (χ4n) is 4.83. The number of carbonyl (C=O) groups excluding carboxylic acids is 1. The van der Waals surface area contributed by atoms with Gasteiger partial charge in [-0.25, -0.2) is 4.39 Å².